The average molecular weight is 423 g/mol. The molecule has 0 radical (unpaired) electrons. The van der Waals surface area contributed by atoms with Gasteiger partial charge in [-0.1, -0.05) is 40.1 Å². The first-order valence-corrected chi connectivity index (χ1v) is 11.2. The Balaban J connectivity index is 4.22. The molecule has 0 fully saturated rings. The Hall–Kier alpha value is -1.21. The minimum atomic E-state index is -5.09. The predicted octanol–water partition coefficient (Wildman–Crippen LogP) is 4.92. The molecule has 12 heteroatoms. The SMILES string of the molecule is CC(=CCCC(C)=CCOP(=O)(O)OP(=O)(O)O)CCC=C(C)CN=[N+]=[N-]. The number of azide groups is 1. The molecule has 1 atom stereocenters. The van der Waals surface area contributed by atoms with Crippen LogP contribution in [0.1, 0.15) is 46.5 Å². The first kappa shape index (κ1) is 25.8. The zero-order valence-corrected chi connectivity index (χ0v) is 17.5. The average Bonchev–Trinajstić information content (AvgIpc) is 2.50. The Morgan fingerprint density at radius 1 is 1.00 bits per heavy atom. The van der Waals surface area contributed by atoms with Gasteiger partial charge in [-0.15, -0.1) is 0 Å². The molecule has 0 saturated carbocycles. The summed E-state index contributed by atoms with van der Waals surface area (Å²) in [7, 11) is -9.88. The van der Waals surface area contributed by atoms with Crippen LogP contribution in [0.4, 0.5) is 0 Å². The summed E-state index contributed by atoms with van der Waals surface area (Å²) in [4.78, 5) is 28.8. The molecule has 0 aromatic carbocycles. The van der Waals surface area contributed by atoms with Gasteiger partial charge in [-0.2, -0.15) is 4.31 Å². The van der Waals surface area contributed by atoms with Crippen LogP contribution in [-0.2, 0) is 18.0 Å². The van der Waals surface area contributed by atoms with Gasteiger partial charge in [0.2, 0.25) is 0 Å². The molecule has 0 aliphatic carbocycles. The largest absolute Gasteiger partial charge is 0.481 e. The molecule has 1 unspecified atom stereocenters. The smallest absolute Gasteiger partial charge is 0.302 e. The molecule has 0 aliphatic rings. The molecule has 0 bridgehead atoms. The summed E-state index contributed by atoms with van der Waals surface area (Å²) in [5, 5.41) is 3.50. The molecule has 0 aromatic heterocycles. The number of phosphoric ester groups is 1. The van der Waals surface area contributed by atoms with Crippen LogP contribution in [0.5, 0.6) is 0 Å². The molecule has 0 amide bonds. The highest BCUT2D eigenvalue weighted by molar-refractivity contribution is 7.60. The second kappa shape index (κ2) is 13.0. The van der Waals surface area contributed by atoms with Crippen molar-refractivity contribution in [2.24, 2.45) is 5.11 Å². The van der Waals surface area contributed by atoms with Crippen LogP contribution in [0.15, 0.2) is 40.1 Å². The molecule has 0 spiro atoms. The van der Waals surface area contributed by atoms with E-state index in [-0.39, 0.29) is 6.61 Å². The molecule has 0 rings (SSSR count). The maximum atomic E-state index is 11.3. The maximum absolute atomic E-state index is 11.3. The van der Waals surface area contributed by atoms with Gasteiger partial charge in [0.1, 0.15) is 0 Å². The summed E-state index contributed by atoms with van der Waals surface area (Å²) >= 11 is 0. The molecule has 10 nitrogen and oxygen atoms in total. The van der Waals surface area contributed by atoms with Gasteiger partial charge < -0.3 is 14.7 Å². The summed E-state index contributed by atoms with van der Waals surface area (Å²) in [5.74, 6) is 0. The number of allylic oxidation sites excluding steroid dienone is 4. The van der Waals surface area contributed by atoms with Crippen molar-refractivity contribution in [2.75, 3.05) is 13.2 Å². The fourth-order valence-electron chi connectivity index (χ4n) is 1.94. The van der Waals surface area contributed by atoms with Gasteiger partial charge in [-0.05, 0) is 52.0 Å². The van der Waals surface area contributed by atoms with E-state index in [9.17, 15) is 9.13 Å². The van der Waals surface area contributed by atoms with E-state index in [0.717, 1.165) is 30.4 Å². The van der Waals surface area contributed by atoms with E-state index in [1.807, 2.05) is 26.8 Å². The van der Waals surface area contributed by atoms with Crippen LogP contribution in [0, 0.1) is 0 Å². The molecule has 0 heterocycles. The lowest BCUT2D eigenvalue weighted by atomic mass is 10.1. The molecule has 154 valence electrons. The minimum absolute atomic E-state index is 0.294. The molecular weight excluding hydrogens is 396 g/mol. The van der Waals surface area contributed by atoms with Crippen molar-refractivity contribution in [3.8, 4) is 0 Å². The fourth-order valence-corrected chi connectivity index (χ4v) is 3.46. The van der Waals surface area contributed by atoms with Crippen molar-refractivity contribution in [1.29, 1.82) is 0 Å². The highest BCUT2D eigenvalue weighted by atomic mass is 31.3. The second-order valence-corrected chi connectivity index (χ2v) is 8.78. The molecular formula is C15H27N3O7P2. The quantitative estimate of drug-likeness (QED) is 0.124. The van der Waals surface area contributed by atoms with Crippen molar-refractivity contribution in [3.05, 3.63) is 45.4 Å². The Morgan fingerprint density at radius 3 is 2.04 bits per heavy atom. The third-order valence-electron chi connectivity index (χ3n) is 3.33. The van der Waals surface area contributed by atoms with E-state index in [1.54, 1.807) is 6.08 Å². The number of hydrogen-bond acceptors (Lipinski definition) is 5. The van der Waals surface area contributed by atoms with Crippen LogP contribution < -0.4 is 0 Å². The predicted molar refractivity (Wildman–Crippen MR) is 103 cm³/mol. The van der Waals surface area contributed by atoms with E-state index in [0.29, 0.717) is 13.0 Å². The van der Waals surface area contributed by atoms with Gasteiger partial charge in [0.15, 0.2) is 0 Å². The van der Waals surface area contributed by atoms with Gasteiger partial charge in [-0.25, -0.2) is 9.13 Å². The second-order valence-electron chi connectivity index (χ2n) is 5.95. The van der Waals surface area contributed by atoms with Crippen LogP contribution in [-0.4, -0.2) is 27.8 Å². The van der Waals surface area contributed by atoms with Crippen molar-refractivity contribution in [3.63, 3.8) is 0 Å². The molecule has 3 N–H and O–H groups in total. The van der Waals surface area contributed by atoms with Crippen molar-refractivity contribution < 1.29 is 32.6 Å². The fraction of sp³-hybridized carbons (Fsp3) is 0.600. The maximum Gasteiger partial charge on any atom is 0.481 e. The van der Waals surface area contributed by atoms with E-state index in [4.69, 9.17) is 20.2 Å². The van der Waals surface area contributed by atoms with Crippen molar-refractivity contribution in [1.82, 2.24) is 0 Å². The van der Waals surface area contributed by atoms with Gasteiger partial charge in [0, 0.05) is 11.5 Å². The Morgan fingerprint density at radius 2 is 1.52 bits per heavy atom. The van der Waals surface area contributed by atoms with Crippen LogP contribution in [0.3, 0.4) is 0 Å². The van der Waals surface area contributed by atoms with Crippen LogP contribution in [0.25, 0.3) is 10.4 Å². The topological polar surface area (TPSA) is 162 Å². The van der Waals surface area contributed by atoms with Crippen LogP contribution >= 0.6 is 15.6 Å². The lowest BCUT2D eigenvalue weighted by Crippen LogP contribution is -1.94. The zero-order valence-electron chi connectivity index (χ0n) is 15.7. The van der Waals surface area contributed by atoms with Gasteiger partial charge in [0.05, 0.1) is 6.61 Å². The summed E-state index contributed by atoms with van der Waals surface area (Å²) in [5.41, 5.74) is 11.4. The van der Waals surface area contributed by atoms with Crippen LogP contribution in [0.2, 0.25) is 0 Å². The lowest BCUT2D eigenvalue weighted by molar-refractivity contribution is 0.191. The number of rotatable bonds is 13. The highest BCUT2D eigenvalue weighted by Gasteiger charge is 2.31. The Labute approximate surface area is 159 Å². The minimum Gasteiger partial charge on any atom is -0.302 e. The number of phosphoric acid groups is 2. The Bertz CT molecular complexity index is 706. The molecule has 0 saturated heterocycles. The third kappa shape index (κ3) is 16.7. The summed E-state index contributed by atoms with van der Waals surface area (Å²) < 4.78 is 30.0. The van der Waals surface area contributed by atoms with Crippen molar-refractivity contribution in [2.45, 2.75) is 46.5 Å². The Kier molecular flexibility index (Phi) is 12.5. The number of hydrogen-bond donors (Lipinski definition) is 3. The standard InChI is InChI=1S/C15H27N3O7P2/c1-13(7-5-9-15(3)12-17-18-16)6-4-8-14(2)10-11-24-27(22,23)25-26(19,20)21/h6,9-10H,4-5,7-8,11-12H2,1-3H3,(H,22,23)(H2,19,20,21). The lowest BCUT2D eigenvalue weighted by Gasteiger charge is -2.11. The van der Waals surface area contributed by atoms with E-state index >= 15 is 0 Å². The van der Waals surface area contributed by atoms with E-state index in [2.05, 4.69) is 24.9 Å². The van der Waals surface area contributed by atoms with Gasteiger partial charge in [0.25, 0.3) is 0 Å². The summed E-state index contributed by atoms with van der Waals surface area (Å²) in [6, 6.07) is 0. The highest BCUT2D eigenvalue weighted by Crippen LogP contribution is 2.57. The molecule has 0 aliphatic heterocycles. The summed E-state index contributed by atoms with van der Waals surface area (Å²) in [6.45, 7) is 5.85. The molecule has 0 aromatic rings. The normalized spacial score (nSPS) is 16.0. The first-order valence-electron chi connectivity index (χ1n) is 8.17. The third-order valence-corrected chi connectivity index (χ3v) is 5.48. The van der Waals surface area contributed by atoms with E-state index in [1.165, 1.54) is 5.57 Å². The van der Waals surface area contributed by atoms with E-state index < -0.39 is 15.6 Å². The molecule has 27 heavy (non-hydrogen) atoms. The zero-order chi connectivity index (χ0) is 20.9. The first-order chi connectivity index (χ1) is 12.4. The van der Waals surface area contributed by atoms with Gasteiger partial charge in [-0.3, -0.25) is 4.52 Å². The summed E-state index contributed by atoms with van der Waals surface area (Å²) in [6.07, 6.45) is 8.95. The number of nitrogens with zero attached hydrogens (tertiary/aromatic N) is 3. The van der Waals surface area contributed by atoms with Gasteiger partial charge >= 0.3 is 15.6 Å². The van der Waals surface area contributed by atoms with Crippen molar-refractivity contribution >= 4 is 15.6 Å². The monoisotopic (exact) mass is 423 g/mol.